The van der Waals surface area contributed by atoms with Gasteiger partial charge in [-0.1, -0.05) is 6.07 Å². The van der Waals surface area contributed by atoms with E-state index in [-0.39, 0.29) is 36.8 Å². The van der Waals surface area contributed by atoms with Gasteiger partial charge in [0.15, 0.2) is 0 Å². The highest BCUT2D eigenvalue weighted by Crippen LogP contribution is 2.23. The van der Waals surface area contributed by atoms with Crippen LogP contribution in [0, 0.1) is 49.1 Å². The van der Waals surface area contributed by atoms with Crippen molar-refractivity contribution in [2.75, 3.05) is 11.4 Å². The van der Waals surface area contributed by atoms with Crippen molar-refractivity contribution >= 4 is 17.3 Å². The van der Waals surface area contributed by atoms with Crippen molar-refractivity contribution in [2.45, 2.75) is 40.7 Å². The standard InChI is InChI=1S/C18H21N5O3/c1-12-6-7-16(10-13(12)2)21(9-5-8-19)17(24)11-22-15(4)18(23(25)26)14(3)20-22/h6-7,10H,5,9,11H2,1-4H3. The Labute approximate surface area is 151 Å². The number of benzene rings is 1. The molecule has 1 aromatic heterocycles. The summed E-state index contributed by atoms with van der Waals surface area (Å²) in [6, 6.07) is 7.70. The van der Waals surface area contributed by atoms with Gasteiger partial charge in [-0.05, 0) is 51.0 Å². The summed E-state index contributed by atoms with van der Waals surface area (Å²) in [6.45, 7) is 7.17. The van der Waals surface area contributed by atoms with Crippen molar-refractivity contribution in [1.82, 2.24) is 9.78 Å². The number of amides is 1. The molecule has 0 atom stereocenters. The molecule has 0 radical (unpaired) electrons. The van der Waals surface area contributed by atoms with E-state index in [0.717, 1.165) is 11.1 Å². The highest BCUT2D eigenvalue weighted by Gasteiger charge is 2.24. The molecular weight excluding hydrogens is 334 g/mol. The van der Waals surface area contributed by atoms with Crippen LogP contribution in [0.25, 0.3) is 0 Å². The Kier molecular flexibility index (Phi) is 5.72. The quantitative estimate of drug-likeness (QED) is 0.585. The van der Waals surface area contributed by atoms with E-state index >= 15 is 0 Å². The van der Waals surface area contributed by atoms with Crippen LogP contribution in [0.1, 0.15) is 28.9 Å². The Balaban J connectivity index is 2.33. The summed E-state index contributed by atoms with van der Waals surface area (Å²) in [4.78, 5) is 25.0. The lowest BCUT2D eigenvalue weighted by atomic mass is 10.1. The molecule has 0 spiro atoms. The van der Waals surface area contributed by atoms with Gasteiger partial charge in [-0.2, -0.15) is 10.4 Å². The zero-order chi connectivity index (χ0) is 19.4. The number of nitrogens with zero attached hydrogens (tertiary/aromatic N) is 5. The van der Waals surface area contributed by atoms with Crippen molar-refractivity contribution < 1.29 is 9.72 Å². The molecule has 0 bridgehead atoms. The van der Waals surface area contributed by atoms with E-state index in [9.17, 15) is 14.9 Å². The molecule has 0 saturated carbocycles. The third kappa shape index (κ3) is 3.88. The van der Waals surface area contributed by atoms with Crippen molar-refractivity contribution in [3.8, 4) is 6.07 Å². The van der Waals surface area contributed by atoms with E-state index in [2.05, 4.69) is 5.10 Å². The van der Waals surface area contributed by atoms with Crippen LogP contribution in [0.5, 0.6) is 0 Å². The van der Waals surface area contributed by atoms with Crippen molar-refractivity contribution in [1.29, 1.82) is 5.26 Å². The summed E-state index contributed by atoms with van der Waals surface area (Å²) in [5.41, 5.74) is 3.38. The molecule has 0 aliphatic carbocycles. The summed E-state index contributed by atoms with van der Waals surface area (Å²) in [7, 11) is 0. The van der Waals surface area contributed by atoms with E-state index in [0.29, 0.717) is 11.4 Å². The minimum atomic E-state index is -0.491. The van der Waals surface area contributed by atoms with E-state index in [4.69, 9.17) is 5.26 Å². The fourth-order valence-electron chi connectivity index (χ4n) is 2.77. The van der Waals surface area contributed by atoms with Crippen LogP contribution in [0.3, 0.4) is 0 Å². The van der Waals surface area contributed by atoms with Gasteiger partial charge in [-0.3, -0.25) is 19.6 Å². The fraction of sp³-hybridized carbons (Fsp3) is 0.389. The first-order valence-corrected chi connectivity index (χ1v) is 8.19. The number of rotatable bonds is 6. The van der Waals surface area contributed by atoms with Gasteiger partial charge in [0.05, 0.1) is 17.4 Å². The van der Waals surface area contributed by atoms with Gasteiger partial charge < -0.3 is 4.90 Å². The fourth-order valence-corrected chi connectivity index (χ4v) is 2.77. The zero-order valence-corrected chi connectivity index (χ0v) is 15.3. The number of hydrogen-bond donors (Lipinski definition) is 0. The number of nitro groups is 1. The molecule has 1 amide bonds. The monoisotopic (exact) mass is 355 g/mol. The van der Waals surface area contributed by atoms with Gasteiger partial charge in [0.1, 0.15) is 17.9 Å². The van der Waals surface area contributed by atoms with E-state index in [1.165, 1.54) is 9.58 Å². The zero-order valence-electron chi connectivity index (χ0n) is 15.3. The van der Waals surface area contributed by atoms with Crippen molar-refractivity contribution in [3.63, 3.8) is 0 Å². The molecule has 8 nitrogen and oxygen atoms in total. The predicted octanol–water partition coefficient (Wildman–Crippen LogP) is 2.97. The highest BCUT2D eigenvalue weighted by atomic mass is 16.6. The number of aryl methyl sites for hydroxylation is 3. The molecule has 2 rings (SSSR count). The predicted molar refractivity (Wildman–Crippen MR) is 96.9 cm³/mol. The summed E-state index contributed by atoms with van der Waals surface area (Å²) < 4.78 is 1.34. The van der Waals surface area contributed by atoms with Crippen molar-refractivity contribution in [2.24, 2.45) is 0 Å². The maximum atomic E-state index is 12.8. The number of aromatic nitrogens is 2. The molecule has 0 N–H and O–H groups in total. The molecule has 0 aliphatic heterocycles. The maximum Gasteiger partial charge on any atom is 0.312 e. The third-order valence-corrected chi connectivity index (χ3v) is 4.36. The molecule has 0 fully saturated rings. The summed E-state index contributed by atoms with van der Waals surface area (Å²) in [6.07, 6.45) is 0.190. The van der Waals surface area contributed by atoms with E-state index in [1.807, 2.05) is 38.1 Å². The summed E-state index contributed by atoms with van der Waals surface area (Å²) in [5, 5.41) is 24.1. The summed E-state index contributed by atoms with van der Waals surface area (Å²) >= 11 is 0. The van der Waals surface area contributed by atoms with Gasteiger partial charge in [-0.15, -0.1) is 0 Å². The van der Waals surface area contributed by atoms with E-state index < -0.39 is 4.92 Å². The SMILES string of the molecule is Cc1ccc(N(CCC#N)C(=O)Cn2nc(C)c([N+](=O)[O-])c2C)cc1C. The number of nitriles is 1. The van der Waals surface area contributed by atoms with Crippen LogP contribution < -0.4 is 4.90 Å². The molecule has 26 heavy (non-hydrogen) atoms. The molecule has 136 valence electrons. The Morgan fingerprint density at radius 1 is 1.31 bits per heavy atom. The molecular formula is C18H21N5O3. The Hall–Kier alpha value is -3.21. The van der Waals surface area contributed by atoms with Gasteiger partial charge in [0, 0.05) is 12.2 Å². The molecule has 8 heteroatoms. The second-order valence-corrected chi connectivity index (χ2v) is 6.16. The molecule has 2 aromatic rings. The van der Waals surface area contributed by atoms with Crippen LogP contribution in [-0.2, 0) is 11.3 Å². The largest absolute Gasteiger partial charge is 0.312 e. The Bertz CT molecular complexity index is 895. The molecule has 0 aliphatic rings. The number of hydrogen-bond acceptors (Lipinski definition) is 5. The first-order chi connectivity index (χ1) is 12.3. The smallest absolute Gasteiger partial charge is 0.310 e. The van der Waals surface area contributed by atoms with Crippen LogP contribution in [0.15, 0.2) is 18.2 Å². The van der Waals surface area contributed by atoms with E-state index in [1.54, 1.807) is 13.8 Å². The Morgan fingerprint density at radius 3 is 2.54 bits per heavy atom. The lowest BCUT2D eigenvalue weighted by Gasteiger charge is -2.23. The van der Waals surface area contributed by atoms with Crippen LogP contribution >= 0.6 is 0 Å². The normalized spacial score (nSPS) is 10.4. The molecule has 1 aromatic carbocycles. The van der Waals surface area contributed by atoms with Gasteiger partial charge in [-0.25, -0.2) is 0 Å². The summed E-state index contributed by atoms with van der Waals surface area (Å²) in [5.74, 6) is -0.274. The lowest BCUT2D eigenvalue weighted by Crippen LogP contribution is -2.35. The van der Waals surface area contributed by atoms with Crippen LogP contribution in [0.2, 0.25) is 0 Å². The first-order valence-electron chi connectivity index (χ1n) is 8.19. The topological polar surface area (TPSA) is 105 Å². The molecule has 0 saturated heterocycles. The molecule has 0 unspecified atom stereocenters. The highest BCUT2D eigenvalue weighted by molar-refractivity contribution is 5.93. The van der Waals surface area contributed by atoms with Crippen molar-refractivity contribution in [3.05, 3.63) is 50.8 Å². The number of carbonyl (C=O) groups excluding carboxylic acids is 1. The second kappa shape index (κ2) is 7.78. The van der Waals surface area contributed by atoms with Crippen LogP contribution in [0.4, 0.5) is 11.4 Å². The first kappa shape index (κ1) is 19.1. The van der Waals surface area contributed by atoms with Crippen LogP contribution in [-0.4, -0.2) is 27.2 Å². The third-order valence-electron chi connectivity index (χ3n) is 4.36. The average molecular weight is 355 g/mol. The molecule has 1 heterocycles. The lowest BCUT2D eigenvalue weighted by molar-refractivity contribution is -0.386. The average Bonchev–Trinajstić information content (AvgIpc) is 2.84. The number of carbonyl (C=O) groups is 1. The van der Waals surface area contributed by atoms with Gasteiger partial charge in [0.2, 0.25) is 5.91 Å². The van der Waals surface area contributed by atoms with Gasteiger partial charge >= 0.3 is 5.69 Å². The van der Waals surface area contributed by atoms with Gasteiger partial charge in [0.25, 0.3) is 0 Å². The second-order valence-electron chi connectivity index (χ2n) is 6.16. The maximum absolute atomic E-state index is 12.8. The minimum Gasteiger partial charge on any atom is -0.310 e. The Morgan fingerprint density at radius 2 is 2.00 bits per heavy atom. The minimum absolute atomic E-state index is 0.0763. The number of anilines is 1.